The molecule has 0 radical (unpaired) electrons. The molecule has 0 aromatic carbocycles. The van der Waals surface area contributed by atoms with E-state index in [0.29, 0.717) is 5.92 Å². The van der Waals surface area contributed by atoms with E-state index in [2.05, 4.69) is 4.98 Å². The second-order valence-corrected chi connectivity index (χ2v) is 3.17. The van der Waals surface area contributed by atoms with Gasteiger partial charge in [0.1, 0.15) is 5.82 Å². The molecule has 0 fully saturated rings. The quantitative estimate of drug-likeness (QED) is 0.732. The Morgan fingerprint density at radius 2 is 2.08 bits per heavy atom. The number of rotatable bonds is 2. The SMILES string of the molecule is CC(C)C(N)c1ccc(F)cn1. The van der Waals surface area contributed by atoms with Crippen LogP contribution in [0.15, 0.2) is 18.3 Å². The van der Waals surface area contributed by atoms with Crippen molar-refractivity contribution in [1.82, 2.24) is 4.98 Å². The number of halogens is 1. The van der Waals surface area contributed by atoms with Gasteiger partial charge in [-0.25, -0.2) is 4.39 Å². The van der Waals surface area contributed by atoms with Gasteiger partial charge in [-0.15, -0.1) is 0 Å². The maximum Gasteiger partial charge on any atom is 0.141 e. The lowest BCUT2D eigenvalue weighted by Gasteiger charge is -2.14. The van der Waals surface area contributed by atoms with Crippen molar-refractivity contribution >= 4 is 0 Å². The molecule has 12 heavy (non-hydrogen) atoms. The van der Waals surface area contributed by atoms with Gasteiger partial charge in [-0.05, 0) is 18.1 Å². The van der Waals surface area contributed by atoms with E-state index in [9.17, 15) is 4.39 Å². The first-order valence-electron chi connectivity index (χ1n) is 3.98. The first kappa shape index (κ1) is 9.13. The summed E-state index contributed by atoms with van der Waals surface area (Å²) in [6.45, 7) is 4.02. The molecule has 1 unspecified atom stereocenters. The van der Waals surface area contributed by atoms with Crippen molar-refractivity contribution in [3.63, 3.8) is 0 Å². The van der Waals surface area contributed by atoms with Crippen molar-refractivity contribution in [3.8, 4) is 0 Å². The predicted molar refractivity (Wildman–Crippen MR) is 46.0 cm³/mol. The van der Waals surface area contributed by atoms with Crippen molar-refractivity contribution in [1.29, 1.82) is 0 Å². The molecule has 0 saturated heterocycles. The van der Waals surface area contributed by atoms with Crippen LogP contribution in [0.3, 0.4) is 0 Å². The lowest BCUT2D eigenvalue weighted by atomic mass is 10.0. The van der Waals surface area contributed by atoms with Gasteiger partial charge in [-0.1, -0.05) is 13.8 Å². The van der Waals surface area contributed by atoms with Crippen LogP contribution in [0.4, 0.5) is 4.39 Å². The summed E-state index contributed by atoms with van der Waals surface area (Å²) >= 11 is 0. The highest BCUT2D eigenvalue weighted by atomic mass is 19.1. The van der Waals surface area contributed by atoms with E-state index in [0.717, 1.165) is 5.69 Å². The Kier molecular flexibility index (Phi) is 2.76. The largest absolute Gasteiger partial charge is 0.322 e. The molecule has 2 N–H and O–H groups in total. The van der Waals surface area contributed by atoms with Gasteiger partial charge >= 0.3 is 0 Å². The molecule has 1 rings (SSSR count). The van der Waals surface area contributed by atoms with E-state index in [1.807, 2.05) is 13.8 Å². The molecule has 3 heteroatoms. The summed E-state index contributed by atoms with van der Waals surface area (Å²) in [6, 6.07) is 2.90. The van der Waals surface area contributed by atoms with Crippen molar-refractivity contribution in [3.05, 3.63) is 29.8 Å². The predicted octanol–water partition coefficient (Wildman–Crippen LogP) is 1.88. The van der Waals surface area contributed by atoms with Crippen molar-refractivity contribution in [2.75, 3.05) is 0 Å². The van der Waals surface area contributed by atoms with Crippen molar-refractivity contribution < 1.29 is 4.39 Å². The normalized spacial score (nSPS) is 13.4. The van der Waals surface area contributed by atoms with Gasteiger partial charge in [0, 0.05) is 6.04 Å². The van der Waals surface area contributed by atoms with Crippen LogP contribution in [-0.2, 0) is 0 Å². The minimum atomic E-state index is -0.324. The summed E-state index contributed by atoms with van der Waals surface area (Å²) in [7, 11) is 0. The molecule has 1 heterocycles. The summed E-state index contributed by atoms with van der Waals surface area (Å²) in [6.07, 6.45) is 1.19. The van der Waals surface area contributed by atoms with Gasteiger partial charge in [-0.2, -0.15) is 0 Å². The zero-order chi connectivity index (χ0) is 9.14. The Balaban J connectivity index is 2.82. The van der Waals surface area contributed by atoms with Gasteiger partial charge in [0.2, 0.25) is 0 Å². The molecule has 0 spiro atoms. The van der Waals surface area contributed by atoms with Gasteiger partial charge in [0.05, 0.1) is 11.9 Å². The standard InChI is InChI=1S/C9H13FN2/c1-6(2)9(11)8-4-3-7(10)5-12-8/h3-6,9H,11H2,1-2H3. The highest BCUT2D eigenvalue weighted by Crippen LogP contribution is 2.15. The van der Waals surface area contributed by atoms with Crippen molar-refractivity contribution in [2.45, 2.75) is 19.9 Å². The first-order chi connectivity index (χ1) is 5.61. The van der Waals surface area contributed by atoms with E-state index in [4.69, 9.17) is 5.73 Å². The maximum atomic E-state index is 12.4. The molecular weight excluding hydrogens is 155 g/mol. The average Bonchev–Trinajstić information content (AvgIpc) is 2.04. The monoisotopic (exact) mass is 168 g/mol. The lowest BCUT2D eigenvalue weighted by Crippen LogP contribution is -2.17. The van der Waals surface area contributed by atoms with Crippen LogP contribution in [0.5, 0.6) is 0 Å². The lowest BCUT2D eigenvalue weighted by molar-refractivity contribution is 0.500. The zero-order valence-corrected chi connectivity index (χ0v) is 7.29. The average molecular weight is 168 g/mol. The third kappa shape index (κ3) is 2.01. The second-order valence-electron chi connectivity index (χ2n) is 3.17. The number of hydrogen-bond donors (Lipinski definition) is 1. The van der Waals surface area contributed by atoms with Crippen LogP contribution in [0.1, 0.15) is 25.6 Å². The minimum absolute atomic E-state index is 0.106. The van der Waals surface area contributed by atoms with E-state index < -0.39 is 0 Å². The number of pyridine rings is 1. The molecule has 0 aliphatic carbocycles. The Morgan fingerprint density at radius 3 is 2.50 bits per heavy atom. The topological polar surface area (TPSA) is 38.9 Å². The van der Waals surface area contributed by atoms with E-state index in [-0.39, 0.29) is 11.9 Å². The summed E-state index contributed by atoms with van der Waals surface area (Å²) in [4.78, 5) is 3.90. The molecule has 0 aliphatic heterocycles. The fraction of sp³-hybridized carbons (Fsp3) is 0.444. The molecule has 1 aromatic heterocycles. The Bertz CT molecular complexity index is 243. The summed E-state index contributed by atoms with van der Waals surface area (Å²) in [5.74, 6) is -0.00216. The zero-order valence-electron chi connectivity index (χ0n) is 7.29. The third-order valence-corrected chi connectivity index (χ3v) is 1.81. The minimum Gasteiger partial charge on any atom is -0.322 e. The molecule has 0 saturated carbocycles. The van der Waals surface area contributed by atoms with E-state index in [1.54, 1.807) is 6.07 Å². The van der Waals surface area contributed by atoms with E-state index in [1.165, 1.54) is 12.3 Å². The van der Waals surface area contributed by atoms with Crippen LogP contribution in [0, 0.1) is 11.7 Å². The van der Waals surface area contributed by atoms with Gasteiger partial charge in [0.15, 0.2) is 0 Å². The van der Waals surface area contributed by atoms with Crippen LogP contribution in [-0.4, -0.2) is 4.98 Å². The van der Waals surface area contributed by atoms with Gasteiger partial charge < -0.3 is 5.73 Å². The molecule has 66 valence electrons. The second kappa shape index (κ2) is 3.63. The molecular formula is C9H13FN2. The number of hydrogen-bond acceptors (Lipinski definition) is 2. The molecule has 0 amide bonds. The third-order valence-electron chi connectivity index (χ3n) is 1.81. The highest BCUT2D eigenvalue weighted by molar-refractivity contribution is 5.09. The van der Waals surface area contributed by atoms with Gasteiger partial charge in [0.25, 0.3) is 0 Å². The first-order valence-corrected chi connectivity index (χ1v) is 3.98. The van der Waals surface area contributed by atoms with Crippen LogP contribution in [0.25, 0.3) is 0 Å². The Labute approximate surface area is 71.6 Å². The summed E-state index contributed by atoms with van der Waals surface area (Å²) < 4.78 is 12.4. The smallest absolute Gasteiger partial charge is 0.141 e. The molecule has 1 aromatic rings. The molecule has 0 aliphatic rings. The molecule has 1 atom stereocenters. The number of aromatic nitrogens is 1. The summed E-state index contributed by atoms with van der Waals surface area (Å²) in [5.41, 5.74) is 6.54. The molecule has 2 nitrogen and oxygen atoms in total. The van der Waals surface area contributed by atoms with Crippen LogP contribution in [0.2, 0.25) is 0 Å². The van der Waals surface area contributed by atoms with Crippen LogP contribution < -0.4 is 5.73 Å². The number of nitrogens with two attached hydrogens (primary N) is 1. The Hall–Kier alpha value is -0.960. The fourth-order valence-corrected chi connectivity index (χ4v) is 0.926. The fourth-order valence-electron chi connectivity index (χ4n) is 0.926. The maximum absolute atomic E-state index is 12.4. The van der Waals surface area contributed by atoms with E-state index >= 15 is 0 Å². The van der Waals surface area contributed by atoms with Crippen molar-refractivity contribution in [2.24, 2.45) is 11.7 Å². The van der Waals surface area contributed by atoms with Crippen LogP contribution >= 0.6 is 0 Å². The van der Waals surface area contributed by atoms with Gasteiger partial charge in [-0.3, -0.25) is 4.98 Å². The molecule has 0 bridgehead atoms. The highest BCUT2D eigenvalue weighted by Gasteiger charge is 2.10. The Morgan fingerprint density at radius 1 is 1.42 bits per heavy atom. The number of nitrogens with zero attached hydrogens (tertiary/aromatic N) is 1. The summed E-state index contributed by atoms with van der Waals surface area (Å²) in [5, 5.41) is 0.